The van der Waals surface area contributed by atoms with E-state index in [1.807, 2.05) is 6.92 Å². The molecule has 0 aromatic heterocycles. The molecule has 0 aromatic rings. The number of aliphatic hydroxyl groups excluding tert-OH is 1. The molecule has 1 rings (SSSR count). The van der Waals surface area contributed by atoms with Crippen LogP contribution in [0.1, 0.15) is 26.7 Å². The molecule has 6 nitrogen and oxygen atoms in total. The Labute approximate surface area is 114 Å². The fourth-order valence-corrected chi connectivity index (χ4v) is 1.98. The second kappa shape index (κ2) is 7.28. The smallest absolute Gasteiger partial charge is 0.154 e. The third-order valence-electron chi connectivity index (χ3n) is 3.04. The number of nitrogens with zero attached hydrogens (tertiary/aromatic N) is 2. The molecule has 0 aromatic carbocycles. The zero-order valence-electron chi connectivity index (χ0n) is 11.6. The van der Waals surface area contributed by atoms with Crippen LogP contribution < -0.4 is 11.5 Å². The third-order valence-corrected chi connectivity index (χ3v) is 3.04. The first-order valence-corrected chi connectivity index (χ1v) is 6.46. The van der Waals surface area contributed by atoms with Crippen LogP contribution in [0.15, 0.2) is 29.3 Å². The van der Waals surface area contributed by atoms with E-state index in [0.29, 0.717) is 11.5 Å². The molecule has 6 heteroatoms. The van der Waals surface area contributed by atoms with Crippen molar-refractivity contribution in [2.75, 3.05) is 6.61 Å². The predicted molar refractivity (Wildman–Crippen MR) is 76.0 cm³/mol. The van der Waals surface area contributed by atoms with Crippen LogP contribution in [0.2, 0.25) is 0 Å². The second-order valence-corrected chi connectivity index (χ2v) is 4.52. The minimum atomic E-state index is -0.309. The normalized spacial score (nSPS) is 26.3. The average Bonchev–Trinajstić information content (AvgIpc) is 2.86. The quantitative estimate of drug-likeness (QED) is 0.609. The molecule has 3 unspecified atom stereocenters. The van der Waals surface area contributed by atoms with Crippen molar-refractivity contribution >= 4 is 6.21 Å². The van der Waals surface area contributed by atoms with Crippen molar-refractivity contribution < 1.29 is 9.84 Å². The summed E-state index contributed by atoms with van der Waals surface area (Å²) in [5.41, 5.74) is 12.3. The number of aliphatic imine (C=N–C) groups is 1. The van der Waals surface area contributed by atoms with E-state index in [9.17, 15) is 0 Å². The summed E-state index contributed by atoms with van der Waals surface area (Å²) in [5.74, 6) is 0.552. The van der Waals surface area contributed by atoms with E-state index in [-0.39, 0.29) is 25.0 Å². The van der Waals surface area contributed by atoms with Gasteiger partial charge in [0.2, 0.25) is 0 Å². The molecular formula is C13H24N4O2. The van der Waals surface area contributed by atoms with Crippen molar-refractivity contribution in [2.24, 2.45) is 16.5 Å². The molecule has 0 amide bonds. The maximum Gasteiger partial charge on any atom is 0.154 e. The molecule has 1 aliphatic heterocycles. The van der Waals surface area contributed by atoms with Crippen molar-refractivity contribution in [3.8, 4) is 0 Å². The van der Waals surface area contributed by atoms with E-state index in [0.717, 1.165) is 12.8 Å². The van der Waals surface area contributed by atoms with Crippen LogP contribution in [0, 0.1) is 0 Å². The van der Waals surface area contributed by atoms with Gasteiger partial charge in [-0.1, -0.05) is 6.58 Å². The molecule has 108 valence electrons. The van der Waals surface area contributed by atoms with E-state index in [4.69, 9.17) is 21.3 Å². The average molecular weight is 268 g/mol. The number of aliphatic hydroxyl groups is 1. The predicted octanol–water partition coefficient (Wildman–Crippen LogP) is 0.495. The Kier molecular flexibility index (Phi) is 6.01. The Hall–Kier alpha value is -1.37. The van der Waals surface area contributed by atoms with E-state index in [1.165, 1.54) is 0 Å². The number of rotatable bonds is 6. The highest BCUT2D eigenvalue weighted by Crippen LogP contribution is 2.26. The lowest BCUT2D eigenvalue weighted by atomic mass is 10.2. The minimum Gasteiger partial charge on any atom is -0.398 e. The van der Waals surface area contributed by atoms with Gasteiger partial charge >= 0.3 is 0 Å². The Balaban J connectivity index is 2.99. The van der Waals surface area contributed by atoms with Crippen molar-refractivity contribution in [3.63, 3.8) is 0 Å². The Morgan fingerprint density at radius 3 is 2.74 bits per heavy atom. The van der Waals surface area contributed by atoms with Gasteiger partial charge in [0.05, 0.1) is 18.4 Å². The van der Waals surface area contributed by atoms with Gasteiger partial charge in [-0.3, -0.25) is 0 Å². The molecule has 5 N–H and O–H groups in total. The second-order valence-electron chi connectivity index (χ2n) is 4.52. The first-order valence-electron chi connectivity index (χ1n) is 6.46. The number of hydrogen-bond acceptors (Lipinski definition) is 6. The van der Waals surface area contributed by atoms with Crippen LogP contribution in [0.25, 0.3) is 0 Å². The number of ether oxygens (including phenoxy) is 1. The Morgan fingerprint density at radius 2 is 2.32 bits per heavy atom. The topological polar surface area (TPSA) is 97.1 Å². The first-order chi connectivity index (χ1) is 9.04. The maximum atomic E-state index is 9.12. The van der Waals surface area contributed by atoms with Gasteiger partial charge in [-0.25, -0.2) is 4.99 Å². The molecule has 19 heavy (non-hydrogen) atoms. The molecule has 1 aliphatic rings. The summed E-state index contributed by atoms with van der Waals surface area (Å²) in [4.78, 5) is 6.05. The highest BCUT2D eigenvalue weighted by atomic mass is 16.5. The van der Waals surface area contributed by atoms with Crippen LogP contribution in [0.4, 0.5) is 0 Å². The summed E-state index contributed by atoms with van der Waals surface area (Å²) in [6.45, 7) is 7.40. The van der Waals surface area contributed by atoms with Crippen LogP contribution >= 0.6 is 0 Å². The molecule has 0 radical (unpaired) electrons. The first kappa shape index (κ1) is 15.7. The lowest BCUT2D eigenvalue weighted by molar-refractivity contribution is -0.0399. The molecule has 1 heterocycles. The lowest BCUT2D eigenvalue weighted by Gasteiger charge is -2.29. The maximum absolute atomic E-state index is 9.12. The van der Waals surface area contributed by atoms with E-state index >= 15 is 0 Å². The summed E-state index contributed by atoms with van der Waals surface area (Å²) in [6.07, 6.45) is 4.50. The van der Waals surface area contributed by atoms with Gasteiger partial charge in [-0.05, 0) is 26.7 Å². The van der Waals surface area contributed by atoms with E-state index < -0.39 is 0 Å². The fraction of sp³-hybridized carbons (Fsp3) is 0.615. The Morgan fingerprint density at radius 1 is 1.63 bits per heavy atom. The standard InChI is InChI=1S/C13H24N4O2/c1-4-16-13(12(15)9(3)14)17(5-2)11-7-6-10(8-18)19-11/h4-5,9-11,18H,2,6-8,14-15H2,1,3H3/b13-12-,16-4?. The fourth-order valence-electron chi connectivity index (χ4n) is 1.98. The largest absolute Gasteiger partial charge is 0.398 e. The van der Waals surface area contributed by atoms with Crippen molar-refractivity contribution in [1.82, 2.24) is 4.90 Å². The van der Waals surface area contributed by atoms with Gasteiger partial charge in [0, 0.05) is 18.5 Å². The zero-order chi connectivity index (χ0) is 14.4. The van der Waals surface area contributed by atoms with Crippen LogP contribution in [-0.4, -0.2) is 41.2 Å². The summed E-state index contributed by atoms with van der Waals surface area (Å²) < 4.78 is 5.72. The summed E-state index contributed by atoms with van der Waals surface area (Å²) >= 11 is 0. The van der Waals surface area contributed by atoms with Crippen LogP contribution in [0.5, 0.6) is 0 Å². The molecule has 3 atom stereocenters. The molecule has 1 saturated heterocycles. The zero-order valence-corrected chi connectivity index (χ0v) is 11.6. The van der Waals surface area contributed by atoms with Gasteiger partial charge in [-0.15, -0.1) is 0 Å². The van der Waals surface area contributed by atoms with Gasteiger partial charge in [0.1, 0.15) is 6.23 Å². The monoisotopic (exact) mass is 268 g/mol. The molecule has 0 saturated carbocycles. The summed E-state index contributed by atoms with van der Waals surface area (Å²) in [5, 5.41) is 9.12. The highest BCUT2D eigenvalue weighted by molar-refractivity contribution is 5.55. The van der Waals surface area contributed by atoms with Gasteiger partial charge in [0.25, 0.3) is 0 Å². The van der Waals surface area contributed by atoms with Gasteiger partial charge < -0.3 is 26.2 Å². The van der Waals surface area contributed by atoms with Crippen LogP contribution in [-0.2, 0) is 4.74 Å². The van der Waals surface area contributed by atoms with Crippen LogP contribution in [0.3, 0.4) is 0 Å². The van der Waals surface area contributed by atoms with E-state index in [2.05, 4.69) is 11.6 Å². The van der Waals surface area contributed by atoms with Crippen molar-refractivity contribution in [1.29, 1.82) is 0 Å². The summed E-state index contributed by atoms with van der Waals surface area (Å²) in [6, 6.07) is -0.309. The Bertz CT molecular complexity index is 366. The summed E-state index contributed by atoms with van der Waals surface area (Å²) in [7, 11) is 0. The van der Waals surface area contributed by atoms with Crippen molar-refractivity contribution in [3.05, 3.63) is 24.3 Å². The minimum absolute atomic E-state index is 0.0142. The highest BCUT2D eigenvalue weighted by Gasteiger charge is 2.30. The number of hydrogen-bond donors (Lipinski definition) is 3. The SMILES string of the molecule is C=CN(/C(N=CC)=C(\N)C(C)N)C1CCC(CO)O1. The van der Waals surface area contributed by atoms with E-state index in [1.54, 1.807) is 24.2 Å². The number of nitrogens with two attached hydrogens (primary N) is 2. The molecular weight excluding hydrogens is 244 g/mol. The molecule has 0 bridgehead atoms. The molecule has 0 spiro atoms. The van der Waals surface area contributed by atoms with Gasteiger partial charge in [-0.2, -0.15) is 0 Å². The van der Waals surface area contributed by atoms with Gasteiger partial charge in [0.15, 0.2) is 5.82 Å². The third kappa shape index (κ3) is 3.79. The van der Waals surface area contributed by atoms with Crippen molar-refractivity contribution in [2.45, 2.75) is 45.1 Å². The molecule has 0 aliphatic carbocycles. The lowest BCUT2D eigenvalue weighted by Crippen LogP contribution is -2.35. The molecule has 1 fully saturated rings.